The van der Waals surface area contributed by atoms with E-state index in [1.807, 2.05) is 40.3 Å². The first kappa shape index (κ1) is 29.6. The Morgan fingerprint density at radius 1 is 1.10 bits per heavy atom. The zero-order chi connectivity index (χ0) is 29.5. The molecule has 2 saturated heterocycles. The third-order valence-corrected chi connectivity index (χ3v) is 8.79. The molecule has 0 radical (unpaired) electrons. The molecule has 1 aromatic heterocycles. The van der Waals surface area contributed by atoms with E-state index in [-0.39, 0.29) is 30.1 Å². The summed E-state index contributed by atoms with van der Waals surface area (Å²) in [6, 6.07) is 3.29. The number of carbonyl (C=O) groups excluding carboxylic acids is 3. The third-order valence-electron chi connectivity index (χ3n) is 8.79. The number of H-pyrrole nitrogens is 1. The summed E-state index contributed by atoms with van der Waals surface area (Å²) in [6.07, 6.45) is 13.7. The van der Waals surface area contributed by atoms with E-state index in [1.54, 1.807) is 11.8 Å². The van der Waals surface area contributed by atoms with Gasteiger partial charge in [-0.15, -0.1) is 0 Å². The average Bonchev–Trinajstić information content (AvgIpc) is 3.49. The summed E-state index contributed by atoms with van der Waals surface area (Å²) in [6.45, 7) is 8.27. The van der Waals surface area contributed by atoms with Crippen molar-refractivity contribution in [3.05, 3.63) is 53.8 Å². The molecule has 1 aromatic carbocycles. The average molecular weight is 577 g/mol. The van der Waals surface area contributed by atoms with E-state index >= 15 is 0 Å². The topological polar surface area (TPSA) is 126 Å². The fourth-order valence-electron chi connectivity index (χ4n) is 6.27. The fourth-order valence-corrected chi connectivity index (χ4v) is 6.27. The number of carbonyl (C=O) groups is 3. The quantitative estimate of drug-likeness (QED) is 0.421. The molecule has 5 rings (SSSR count). The summed E-state index contributed by atoms with van der Waals surface area (Å²) in [5, 5.41) is 17.6. The van der Waals surface area contributed by atoms with Gasteiger partial charge in [0, 0.05) is 50.2 Å². The SMILES string of the molecule is Cc1ccc2[nH]ncc2c1CN(C(=O)[C@@H](C)NC(=O)N1CCC(N2CC/C=C\C=C/CNC2=O)CC1)C1CCNCC1. The van der Waals surface area contributed by atoms with E-state index in [1.165, 1.54) is 0 Å². The number of piperidine rings is 2. The second kappa shape index (κ2) is 13.9. The molecule has 11 nitrogen and oxygen atoms in total. The summed E-state index contributed by atoms with van der Waals surface area (Å²) in [5.41, 5.74) is 3.15. The van der Waals surface area contributed by atoms with Crippen LogP contribution in [0.5, 0.6) is 0 Å². The predicted octanol–water partition coefficient (Wildman–Crippen LogP) is 3.04. The van der Waals surface area contributed by atoms with Crippen LogP contribution in [0.1, 0.15) is 50.2 Å². The number of benzene rings is 1. The van der Waals surface area contributed by atoms with Crippen LogP contribution >= 0.6 is 0 Å². The zero-order valence-corrected chi connectivity index (χ0v) is 24.8. The van der Waals surface area contributed by atoms with Crippen molar-refractivity contribution in [3.63, 3.8) is 0 Å². The van der Waals surface area contributed by atoms with Crippen LogP contribution in [0, 0.1) is 6.92 Å². The van der Waals surface area contributed by atoms with E-state index in [0.29, 0.717) is 45.6 Å². The van der Waals surface area contributed by atoms with Crippen molar-refractivity contribution in [1.29, 1.82) is 0 Å². The van der Waals surface area contributed by atoms with Crippen LogP contribution in [-0.4, -0.2) is 100 Å². The van der Waals surface area contributed by atoms with Gasteiger partial charge in [-0.05, 0) is 76.2 Å². The van der Waals surface area contributed by atoms with Crippen molar-refractivity contribution in [3.8, 4) is 0 Å². The highest BCUT2D eigenvalue weighted by molar-refractivity contribution is 5.88. The number of nitrogens with one attached hydrogen (secondary N) is 4. The van der Waals surface area contributed by atoms with Crippen LogP contribution in [0.3, 0.4) is 0 Å². The van der Waals surface area contributed by atoms with Crippen LogP contribution in [0.2, 0.25) is 0 Å². The first-order valence-electron chi connectivity index (χ1n) is 15.3. The largest absolute Gasteiger partial charge is 0.335 e. The standard InChI is InChI=1S/C31H44N8O3/c1-22-8-9-28-26(20-34-36-28)27(22)21-39(24-10-15-32-16-11-24)29(40)23(2)35-31(42)37-18-12-25(13-19-37)38-17-7-5-3-4-6-14-33-30(38)41/h3-6,8-9,20,23-25,32H,7,10-19,21H2,1-2H3,(H,33,41)(H,34,36)(H,35,42)/b5-3-,6-4-/t23-/m1/s1. The number of aryl methyl sites for hydroxylation is 1. The summed E-state index contributed by atoms with van der Waals surface area (Å²) in [5.74, 6) is -0.0728. The van der Waals surface area contributed by atoms with Gasteiger partial charge in [-0.1, -0.05) is 30.4 Å². The molecule has 0 saturated carbocycles. The molecule has 0 spiro atoms. The van der Waals surface area contributed by atoms with Gasteiger partial charge >= 0.3 is 12.1 Å². The van der Waals surface area contributed by atoms with E-state index in [2.05, 4.69) is 45.2 Å². The number of urea groups is 2. The summed E-state index contributed by atoms with van der Waals surface area (Å²) in [7, 11) is 0. The molecule has 3 aliphatic rings. The van der Waals surface area contributed by atoms with E-state index < -0.39 is 6.04 Å². The number of aromatic amines is 1. The third kappa shape index (κ3) is 6.95. The zero-order valence-electron chi connectivity index (χ0n) is 24.8. The van der Waals surface area contributed by atoms with E-state index in [0.717, 1.165) is 54.4 Å². The number of hydrogen-bond donors (Lipinski definition) is 4. The normalized spacial score (nSPS) is 21.4. The van der Waals surface area contributed by atoms with Gasteiger partial charge in [0.15, 0.2) is 0 Å². The lowest BCUT2D eigenvalue weighted by atomic mass is 9.99. The Morgan fingerprint density at radius 2 is 1.86 bits per heavy atom. The first-order chi connectivity index (χ1) is 20.4. The van der Waals surface area contributed by atoms with Crippen LogP contribution in [0.15, 0.2) is 42.6 Å². The van der Waals surface area contributed by atoms with E-state index in [4.69, 9.17) is 0 Å². The van der Waals surface area contributed by atoms with Crippen molar-refractivity contribution >= 4 is 28.9 Å². The molecular weight excluding hydrogens is 532 g/mol. The highest BCUT2D eigenvalue weighted by atomic mass is 16.2. The molecule has 11 heteroatoms. The number of rotatable bonds is 6. The number of nitrogens with zero attached hydrogens (tertiary/aromatic N) is 4. The predicted molar refractivity (Wildman–Crippen MR) is 163 cm³/mol. The molecule has 0 aliphatic carbocycles. The molecule has 0 bridgehead atoms. The molecule has 5 amide bonds. The number of hydrogen-bond acceptors (Lipinski definition) is 5. The van der Waals surface area contributed by atoms with Crippen LogP contribution in [0.4, 0.5) is 9.59 Å². The smallest absolute Gasteiger partial charge is 0.318 e. The first-order valence-corrected chi connectivity index (χ1v) is 15.3. The Morgan fingerprint density at radius 3 is 2.64 bits per heavy atom. The Hall–Kier alpha value is -3.86. The van der Waals surface area contributed by atoms with Crippen molar-refractivity contribution < 1.29 is 14.4 Å². The Balaban J connectivity index is 1.21. The molecule has 4 N–H and O–H groups in total. The molecule has 1 atom stereocenters. The lowest BCUT2D eigenvalue weighted by molar-refractivity contribution is -0.136. The van der Waals surface area contributed by atoms with Gasteiger partial charge in [0.2, 0.25) is 5.91 Å². The van der Waals surface area contributed by atoms with Gasteiger partial charge in [-0.3, -0.25) is 9.89 Å². The van der Waals surface area contributed by atoms with Gasteiger partial charge in [0.05, 0.1) is 11.7 Å². The Kier molecular flexibility index (Phi) is 9.78. The van der Waals surface area contributed by atoms with Crippen LogP contribution < -0.4 is 16.0 Å². The molecule has 4 heterocycles. The highest BCUT2D eigenvalue weighted by Crippen LogP contribution is 2.25. The second-order valence-electron chi connectivity index (χ2n) is 11.6. The van der Waals surface area contributed by atoms with E-state index in [9.17, 15) is 14.4 Å². The van der Waals surface area contributed by atoms with Crippen LogP contribution in [-0.2, 0) is 11.3 Å². The Labute approximate surface area is 247 Å². The van der Waals surface area contributed by atoms with Gasteiger partial charge in [-0.2, -0.15) is 5.10 Å². The minimum absolute atomic E-state index is 0.0589. The second-order valence-corrected chi connectivity index (χ2v) is 11.6. The van der Waals surface area contributed by atoms with Crippen molar-refractivity contribution in [2.75, 3.05) is 39.3 Å². The number of likely N-dealkylation sites (tertiary alicyclic amines) is 1. The maximum absolute atomic E-state index is 13.9. The van der Waals surface area contributed by atoms with Crippen molar-refractivity contribution in [1.82, 2.24) is 40.8 Å². The van der Waals surface area contributed by atoms with Gasteiger partial charge < -0.3 is 30.7 Å². The fraction of sp³-hybridized carbons (Fsp3) is 0.548. The maximum atomic E-state index is 13.9. The molecule has 42 heavy (non-hydrogen) atoms. The summed E-state index contributed by atoms with van der Waals surface area (Å²) < 4.78 is 0. The maximum Gasteiger partial charge on any atom is 0.318 e. The molecule has 2 aromatic rings. The van der Waals surface area contributed by atoms with Gasteiger partial charge in [0.1, 0.15) is 6.04 Å². The van der Waals surface area contributed by atoms with Gasteiger partial charge in [-0.25, -0.2) is 9.59 Å². The monoisotopic (exact) mass is 576 g/mol. The lowest BCUT2D eigenvalue weighted by Gasteiger charge is -2.39. The molecule has 226 valence electrons. The highest BCUT2D eigenvalue weighted by Gasteiger charge is 2.33. The number of aromatic nitrogens is 2. The summed E-state index contributed by atoms with van der Waals surface area (Å²) >= 11 is 0. The van der Waals surface area contributed by atoms with Crippen molar-refractivity contribution in [2.45, 2.75) is 70.6 Å². The van der Waals surface area contributed by atoms with Crippen molar-refractivity contribution in [2.24, 2.45) is 0 Å². The Bertz CT molecular complexity index is 1310. The number of fused-ring (bicyclic) bond motifs is 1. The molecule has 2 fully saturated rings. The minimum Gasteiger partial charge on any atom is -0.335 e. The molecule has 0 unspecified atom stereocenters. The van der Waals surface area contributed by atoms with Crippen LogP contribution in [0.25, 0.3) is 10.9 Å². The molecule has 3 aliphatic heterocycles. The lowest BCUT2D eigenvalue weighted by Crippen LogP contribution is -2.56. The number of allylic oxidation sites excluding steroid dienone is 2. The summed E-state index contributed by atoms with van der Waals surface area (Å²) in [4.78, 5) is 45.7. The minimum atomic E-state index is -0.665. The molecular formula is C31H44N8O3. The van der Waals surface area contributed by atoms with Gasteiger partial charge in [0.25, 0.3) is 0 Å². The number of amides is 5.